The van der Waals surface area contributed by atoms with Gasteiger partial charge in [-0.05, 0) is 18.1 Å². The van der Waals surface area contributed by atoms with Gasteiger partial charge in [-0.2, -0.15) is 0 Å². The second-order valence-corrected chi connectivity index (χ2v) is 3.94. The van der Waals surface area contributed by atoms with Gasteiger partial charge in [0.2, 0.25) is 11.8 Å². The van der Waals surface area contributed by atoms with Crippen LogP contribution in [0.15, 0.2) is 18.3 Å². The van der Waals surface area contributed by atoms with Crippen LogP contribution in [0.25, 0.3) is 0 Å². The number of nitrogens with two attached hydrogens (primary N) is 1. The van der Waals surface area contributed by atoms with Gasteiger partial charge in [0.15, 0.2) is 0 Å². The second-order valence-electron chi connectivity index (χ2n) is 3.94. The highest BCUT2D eigenvalue weighted by Crippen LogP contribution is 2.08. The number of aromatic nitrogens is 1. The molecule has 0 radical (unpaired) electrons. The van der Waals surface area contributed by atoms with Gasteiger partial charge in [-0.15, -0.1) is 0 Å². The van der Waals surface area contributed by atoms with Crippen LogP contribution >= 0.6 is 0 Å². The van der Waals surface area contributed by atoms with Crippen molar-refractivity contribution in [1.29, 1.82) is 0 Å². The first-order valence-electron chi connectivity index (χ1n) is 5.04. The molecule has 1 aromatic heterocycles. The summed E-state index contributed by atoms with van der Waals surface area (Å²) in [6.45, 7) is 3.90. The third kappa shape index (κ3) is 3.68. The first-order chi connectivity index (χ1) is 7.49. The number of nitrogens with zero attached hydrogens (tertiary/aromatic N) is 1. The van der Waals surface area contributed by atoms with E-state index in [1.54, 1.807) is 0 Å². The summed E-state index contributed by atoms with van der Waals surface area (Å²) in [5, 5.41) is 2.61. The first-order valence-corrected chi connectivity index (χ1v) is 5.04. The zero-order valence-electron chi connectivity index (χ0n) is 9.36. The smallest absolute Gasteiger partial charge is 0.248 e. The molecule has 0 saturated carbocycles. The molecule has 1 aromatic rings. The maximum atomic E-state index is 11.4. The van der Waals surface area contributed by atoms with E-state index < -0.39 is 5.91 Å². The predicted molar refractivity (Wildman–Crippen MR) is 60.8 cm³/mol. The monoisotopic (exact) mass is 221 g/mol. The van der Waals surface area contributed by atoms with Crippen molar-refractivity contribution in [1.82, 2.24) is 4.98 Å². The maximum Gasteiger partial charge on any atom is 0.248 e. The van der Waals surface area contributed by atoms with Crippen molar-refractivity contribution in [2.45, 2.75) is 20.3 Å². The van der Waals surface area contributed by atoms with Crippen LogP contribution in [0.5, 0.6) is 0 Å². The summed E-state index contributed by atoms with van der Waals surface area (Å²) in [5.41, 5.74) is 5.44. The van der Waals surface area contributed by atoms with E-state index in [1.807, 2.05) is 13.8 Å². The third-order valence-corrected chi connectivity index (χ3v) is 1.91. The van der Waals surface area contributed by atoms with Gasteiger partial charge >= 0.3 is 0 Å². The summed E-state index contributed by atoms with van der Waals surface area (Å²) >= 11 is 0. The minimum atomic E-state index is -0.540. The number of carbonyl (C=O) groups is 2. The van der Waals surface area contributed by atoms with Crippen LogP contribution < -0.4 is 11.1 Å². The number of pyridine rings is 1. The highest BCUT2D eigenvalue weighted by molar-refractivity contribution is 5.95. The lowest BCUT2D eigenvalue weighted by atomic mass is 10.1. The Bertz CT molecular complexity index is 402. The van der Waals surface area contributed by atoms with Gasteiger partial charge < -0.3 is 11.1 Å². The lowest BCUT2D eigenvalue weighted by Crippen LogP contribution is -2.16. The van der Waals surface area contributed by atoms with Crippen molar-refractivity contribution in [3.63, 3.8) is 0 Å². The highest BCUT2D eigenvalue weighted by atomic mass is 16.2. The van der Waals surface area contributed by atoms with Crippen molar-refractivity contribution >= 4 is 17.6 Å². The van der Waals surface area contributed by atoms with E-state index in [2.05, 4.69) is 10.3 Å². The number of rotatable bonds is 4. The zero-order chi connectivity index (χ0) is 12.1. The number of anilines is 1. The summed E-state index contributed by atoms with van der Waals surface area (Å²) < 4.78 is 0. The van der Waals surface area contributed by atoms with Gasteiger partial charge in [0, 0.05) is 18.2 Å². The fourth-order valence-electron chi connectivity index (χ4n) is 1.22. The number of hydrogen-bond donors (Lipinski definition) is 2. The van der Waals surface area contributed by atoms with E-state index in [9.17, 15) is 9.59 Å². The quantitative estimate of drug-likeness (QED) is 0.800. The molecular formula is C11H15N3O2. The molecule has 0 fully saturated rings. The van der Waals surface area contributed by atoms with Crippen LogP contribution in [0, 0.1) is 5.92 Å². The molecule has 0 atom stereocenters. The SMILES string of the molecule is CC(C)CC(=O)Nc1cc(C(N)=O)ccn1. The topological polar surface area (TPSA) is 85.1 Å². The Kier molecular flexibility index (Phi) is 3.99. The highest BCUT2D eigenvalue weighted by Gasteiger charge is 2.07. The first kappa shape index (κ1) is 12.2. The number of nitrogens with one attached hydrogen (secondary N) is 1. The number of hydrogen-bond acceptors (Lipinski definition) is 3. The van der Waals surface area contributed by atoms with E-state index in [0.717, 1.165) is 0 Å². The Morgan fingerprint density at radius 2 is 2.19 bits per heavy atom. The van der Waals surface area contributed by atoms with Crippen molar-refractivity contribution < 1.29 is 9.59 Å². The lowest BCUT2D eigenvalue weighted by Gasteiger charge is -2.06. The van der Waals surface area contributed by atoms with E-state index in [-0.39, 0.29) is 11.8 Å². The summed E-state index contributed by atoms with van der Waals surface area (Å²) in [5.74, 6) is -0.0350. The Balaban J connectivity index is 2.70. The summed E-state index contributed by atoms with van der Waals surface area (Å²) in [7, 11) is 0. The van der Waals surface area contributed by atoms with E-state index in [4.69, 9.17) is 5.73 Å². The van der Waals surface area contributed by atoms with Gasteiger partial charge in [0.05, 0.1) is 0 Å². The molecule has 1 heterocycles. The Morgan fingerprint density at radius 3 is 2.75 bits per heavy atom. The molecule has 0 saturated heterocycles. The molecule has 2 amide bonds. The van der Waals surface area contributed by atoms with Gasteiger partial charge in [0.1, 0.15) is 5.82 Å². The van der Waals surface area contributed by atoms with Gasteiger partial charge in [0.25, 0.3) is 0 Å². The van der Waals surface area contributed by atoms with Gasteiger partial charge in [-0.25, -0.2) is 4.98 Å². The average molecular weight is 221 g/mol. The predicted octanol–water partition coefficient (Wildman–Crippen LogP) is 1.17. The molecule has 16 heavy (non-hydrogen) atoms. The van der Waals surface area contributed by atoms with Crippen molar-refractivity contribution in [3.05, 3.63) is 23.9 Å². The van der Waals surface area contributed by atoms with Crippen LogP contribution in [-0.2, 0) is 4.79 Å². The summed E-state index contributed by atoms with van der Waals surface area (Å²) in [6.07, 6.45) is 1.85. The van der Waals surface area contributed by atoms with Crippen LogP contribution in [0.4, 0.5) is 5.82 Å². The van der Waals surface area contributed by atoms with Crippen molar-refractivity contribution in [2.24, 2.45) is 11.7 Å². The largest absolute Gasteiger partial charge is 0.366 e. The second kappa shape index (κ2) is 5.25. The van der Waals surface area contributed by atoms with E-state index >= 15 is 0 Å². The standard InChI is InChI=1S/C11H15N3O2/c1-7(2)5-10(15)14-9-6-8(11(12)16)3-4-13-9/h3-4,6-7H,5H2,1-2H3,(H2,12,16)(H,13,14,15). The molecule has 0 aliphatic carbocycles. The minimum absolute atomic E-state index is 0.121. The molecule has 5 heteroatoms. The van der Waals surface area contributed by atoms with Gasteiger partial charge in [-0.1, -0.05) is 13.8 Å². The number of amides is 2. The molecule has 0 spiro atoms. The Labute approximate surface area is 94.1 Å². The zero-order valence-corrected chi connectivity index (χ0v) is 9.36. The van der Waals surface area contributed by atoms with Crippen LogP contribution in [0.2, 0.25) is 0 Å². The molecule has 5 nitrogen and oxygen atoms in total. The third-order valence-electron chi connectivity index (χ3n) is 1.91. The lowest BCUT2D eigenvalue weighted by molar-refractivity contribution is -0.116. The molecular weight excluding hydrogens is 206 g/mol. The molecule has 0 bridgehead atoms. The molecule has 0 aliphatic rings. The van der Waals surface area contributed by atoms with Crippen molar-refractivity contribution in [3.8, 4) is 0 Å². The van der Waals surface area contributed by atoms with Crippen LogP contribution in [0.1, 0.15) is 30.6 Å². The number of primary amides is 1. The molecule has 3 N–H and O–H groups in total. The van der Waals surface area contributed by atoms with E-state index in [1.165, 1.54) is 18.3 Å². The normalized spacial score (nSPS) is 10.2. The average Bonchev–Trinajstić information content (AvgIpc) is 2.16. The maximum absolute atomic E-state index is 11.4. The number of carbonyl (C=O) groups excluding carboxylic acids is 2. The van der Waals surface area contributed by atoms with Crippen LogP contribution in [0.3, 0.4) is 0 Å². The summed E-state index contributed by atoms with van der Waals surface area (Å²) in [4.78, 5) is 26.3. The molecule has 0 unspecified atom stereocenters. The summed E-state index contributed by atoms with van der Waals surface area (Å²) in [6, 6.07) is 2.96. The Morgan fingerprint density at radius 1 is 1.50 bits per heavy atom. The molecule has 0 aromatic carbocycles. The minimum Gasteiger partial charge on any atom is -0.366 e. The van der Waals surface area contributed by atoms with Crippen molar-refractivity contribution in [2.75, 3.05) is 5.32 Å². The molecule has 86 valence electrons. The Hall–Kier alpha value is -1.91. The van der Waals surface area contributed by atoms with E-state index in [0.29, 0.717) is 17.8 Å². The fraction of sp³-hybridized carbons (Fsp3) is 0.364. The molecule has 1 rings (SSSR count). The van der Waals surface area contributed by atoms with Gasteiger partial charge in [-0.3, -0.25) is 9.59 Å². The molecule has 0 aliphatic heterocycles. The fourth-order valence-corrected chi connectivity index (χ4v) is 1.22. The van der Waals surface area contributed by atoms with Crippen LogP contribution in [-0.4, -0.2) is 16.8 Å².